The Labute approximate surface area is 308 Å². The first-order valence-electron chi connectivity index (χ1n) is 18.2. The van der Waals surface area contributed by atoms with E-state index >= 15 is 4.79 Å². The van der Waals surface area contributed by atoms with Crippen LogP contribution >= 0.6 is 0 Å². The summed E-state index contributed by atoms with van der Waals surface area (Å²) in [6, 6.07) is 28.9. The molecule has 4 aromatic carbocycles. The zero-order valence-electron chi connectivity index (χ0n) is 29.4. The van der Waals surface area contributed by atoms with Crippen molar-refractivity contribution in [1.82, 2.24) is 9.91 Å². The van der Waals surface area contributed by atoms with E-state index in [9.17, 15) is 24.6 Å². The number of aromatic hydroxyl groups is 2. The number of hydrogen-bond donors (Lipinski definition) is 3. The number of anilines is 1. The number of benzene rings is 4. The molecule has 2 aliphatic heterocycles. The van der Waals surface area contributed by atoms with E-state index in [4.69, 9.17) is 0 Å². The Kier molecular flexibility index (Phi) is 8.52. The Bertz CT molecular complexity index is 2160. The third-order valence-corrected chi connectivity index (χ3v) is 11.9. The summed E-state index contributed by atoms with van der Waals surface area (Å²) in [5, 5.41) is 22.9. The molecule has 53 heavy (non-hydrogen) atoms. The second-order valence-electron chi connectivity index (χ2n) is 14.7. The molecule has 4 aromatic rings. The molecule has 8 rings (SSSR count). The highest BCUT2D eigenvalue weighted by molar-refractivity contribution is 6.13. The highest BCUT2D eigenvalue weighted by Gasteiger charge is 2.70. The Morgan fingerprint density at radius 2 is 1.58 bits per heavy atom. The molecule has 2 aliphatic carbocycles. The third-order valence-electron chi connectivity index (χ3n) is 11.9. The van der Waals surface area contributed by atoms with E-state index in [-0.39, 0.29) is 36.3 Å². The molecule has 4 amide bonds. The van der Waals surface area contributed by atoms with Crippen molar-refractivity contribution in [1.29, 1.82) is 0 Å². The van der Waals surface area contributed by atoms with Crippen LogP contribution in [0.5, 0.6) is 11.5 Å². The zero-order valence-corrected chi connectivity index (χ0v) is 29.4. The average Bonchev–Trinajstić information content (AvgIpc) is 3.54. The number of para-hydroxylation sites is 1. The van der Waals surface area contributed by atoms with Crippen LogP contribution in [0.3, 0.4) is 0 Å². The summed E-state index contributed by atoms with van der Waals surface area (Å²) in [6.07, 6.45) is 4.99. The zero-order chi connectivity index (χ0) is 37.0. The number of imide groups is 2. The molecule has 0 aromatic heterocycles. The molecule has 0 bridgehead atoms. The number of hydrogen-bond acceptors (Lipinski definition) is 7. The molecule has 6 unspecified atom stereocenters. The second-order valence-corrected chi connectivity index (χ2v) is 14.7. The van der Waals surface area contributed by atoms with Gasteiger partial charge in [-0.05, 0) is 79.5 Å². The van der Waals surface area contributed by atoms with Crippen molar-refractivity contribution >= 4 is 29.3 Å². The van der Waals surface area contributed by atoms with Crippen LogP contribution < -0.4 is 5.43 Å². The summed E-state index contributed by atoms with van der Waals surface area (Å²) in [5.41, 5.74) is 6.68. The number of phenolic OH excluding ortho intramolecular Hbond substituents is 2. The van der Waals surface area contributed by atoms with Crippen molar-refractivity contribution in [3.8, 4) is 11.5 Å². The lowest BCUT2D eigenvalue weighted by Crippen LogP contribution is -2.53. The molecule has 3 fully saturated rings. The number of amides is 4. The van der Waals surface area contributed by atoms with Crippen LogP contribution in [0.25, 0.3) is 0 Å². The predicted molar refractivity (Wildman–Crippen MR) is 199 cm³/mol. The number of nitrogens with one attached hydrogen (secondary N) is 1. The van der Waals surface area contributed by atoms with Gasteiger partial charge in [0.05, 0.1) is 28.9 Å². The minimum absolute atomic E-state index is 0.0182. The average molecular weight is 708 g/mol. The van der Waals surface area contributed by atoms with Crippen molar-refractivity contribution in [2.45, 2.75) is 43.9 Å². The van der Waals surface area contributed by atoms with Crippen molar-refractivity contribution in [3.05, 3.63) is 149 Å². The van der Waals surface area contributed by atoms with Gasteiger partial charge in [0.2, 0.25) is 11.8 Å². The van der Waals surface area contributed by atoms with Crippen molar-refractivity contribution < 1.29 is 29.4 Å². The van der Waals surface area contributed by atoms with E-state index in [1.165, 1.54) is 4.90 Å². The van der Waals surface area contributed by atoms with Gasteiger partial charge in [-0.3, -0.25) is 29.5 Å². The van der Waals surface area contributed by atoms with E-state index < -0.39 is 46.8 Å². The number of phenols is 2. The van der Waals surface area contributed by atoms with Gasteiger partial charge in [0.25, 0.3) is 11.8 Å². The van der Waals surface area contributed by atoms with Crippen LogP contribution in [0.4, 0.5) is 5.69 Å². The molecule has 0 radical (unpaired) electrons. The smallest absolute Gasteiger partial charge is 0.260 e. The Hall–Kier alpha value is -5.96. The fraction of sp³-hybridized carbons (Fsp3) is 0.273. The highest BCUT2D eigenvalue weighted by Crippen LogP contribution is 2.65. The Morgan fingerprint density at radius 3 is 2.30 bits per heavy atom. The molecule has 2 saturated heterocycles. The van der Waals surface area contributed by atoms with Crippen LogP contribution in [-0.4, -0.2) is 50.3 Å². The van der Waals surface area contributed by atoms with E-state index in [0.29, 0.717) is 41.6 Å². The first kappa shape index (κ1) is 34.1. The lowest BCUT2D eigenvalue weighted by Gasteiger charge is -2.50. The van der Waals surface area contributed by atoms with Gasteiger partial charge in [-0.2, -0.15) is 5.01 Å². The standard InChI is InChI=1S/C44H41N3O6/c1-3-8-28-9-7-12-34(39(28)49)38-32-21-22-33-37(42(52)46(40(33)50)24-23-27-15-19-31(48)20-16-27)35(32)25-36-41(51)47(45-30-17-13-26(2)14-18-30)43(53)44(36,38)29-10-5-4-6-11-29/h3-7,9-21,33,35-38,45,48-49H,1,8,22-25H2,2H3. The van der Waals surface area contributed by atoms with Crippen molar-refractivity contribution in [2.24, 2.45) is 23.7 Å². The normalized spacial score (nSPS) is 26.2. The number of fused-ring (bicyclic) bond motifs is 4. The van der Waals surface area contributed by atoms with Crippen LogP contribution in [0.1, 0.15) is 46.6 Å². The summed E-state index contributed by atoms with van der Waals surface area (Å²) in [5.74, 6) is -4.83. The van der Waals surface area contributed by atoms with Crippen LogP contribution in [0.2, 0.25) is 0 Å². The number of nitrogens with zero attached hydrogens (tertiary/aromatic N) is 2. The monoisotopic (exact) mass is 707 g/mol. The molecule has 0 spiro atoms. The highest BCUT2D eigenvalue weighted by atomic mass is 16.3. The second kappa shape index (κ2) is 13.2. The SMILES string of the molecule is C=CCc1cccc(C2C3=CCC4C(=O)N(CCc5ccc(O)cc5)C(=O)C4C3CC3C(=O)N(Nc4ccc(C)cc4)C(=O)C32c2ccccc2)c1O. The van der Waals surface area contributed by atoms with Crippen LogP contribution in [-0.2, 0) is 37.4 Å². The van der Waals surface area contributed by atoms with Gasteiger partial charge in [-0.1, -0.05) is 96.1 Å². The molecule has 2 heterocycles. The molecular formula is C44H41N3O6. The topological polar surface area (TPSA) is 127 Å². The molecule has 6 atom stereocenters. The molecule has 1 saturated carbocycles. The summed E-state index contributed by atoms with van der Waals surface area (Å²) in [4.78, 5) is 60.0. The molecule has 9 nitrogen and oxygen atoms in total. The van der Waals surface area contributed by atoms with Gasteiger partial charge in [0, 0.05) is 18.0 Å². The van der Waals surface area contributed by atoms with Gasteiger partial charge in [0.1, 0.15) is 11.5 Å². The van der Waals surface area contributed by atoms with E-state index in [0.717, 1.165) is 21.7 Å². The maximum atomic E-state index is 15.3. The molecule has 3 N–H and O–H groups in total. The van der Waals surface area contributed by atoms with Crippen molar-refractivity contribution in [3.63, 3.8) is 0 Å². The van der Waals surface area contributed by atoms with Crippen LogP contribution in [0, 0.1) is 30.6 Å². The number of carbonyl (C=O) groups is 4. The number of hydrazine groups is 1. The number of carbonyl (C=O) groups excluding carboxylic acids is 4. The fourth-order valence-electron chi connectivity index (χ4n) is 9.45. The number of aryl methyl sites for hydroxylation is 1. The molecule has 4 aliphatic rings. The molecule has 268 valence electrons. The summed E-state index contributed by atoms with van der Waals surface area (Å²) < 4.78 is 0. The van der Waals surface area contributed by atoms with Gasteiger partial charge in [-0.15, -0.1) is 6.58 Å². The summed E-state index contributed by atoms with van der Waals surface area (Å²) >= 11 is 0. The van der Waals surface area contributed by atoms with Crippen LogP contribution in [0.15, 0.2) is 121 Å². The maximum Gasteiger partial charge on any atom is 0.260 e. The quantitative estimate of drug-likeness (QED) is 0.137. The Morgan fingerprint density at radius 1 is 0.849 bits per heavy atom. The third kappa shape index (κ3) is 5.36. The van der Waals surface area contributed by atoms with Gasteiger partial charge in [-0.25, -0.2) is 0 Å². The van der Waals surface area contributed by atoms with E-state index in [2.05, 4.69) is 12.0 Å². The number of rotatable bonds is 9. The minimum atomic E-state index is -1.47. The lowest BCUT2D eigenvalue weighted by atomic mass is 9.49. The predicted octanol–water partition coefficient (Wildman–Crippen LogP) is 6.36. The first-order chi connectivity index (χ1) is 25.6. The first-order valence-corrected chi connectivity index (χ1v) is 18.2. The van der Waals surface area contributed by atoms with Gasteiger partial charge >= 0.3 is 0 Å². The molecular weight excluding hydrogens is 666 g/mol. The van der Waals surface area contributed by atoms with E-state index in [1.54, 1.807) is 30.3 Å². The maximum absolute atomic E-state index is 15.3. The van der Waals surface area contributed by atoms with E-state index in [1.807, 2.05) is 85.8 Å². The van der Waals surface area contributed by atoms with Gasteiger partial charge in [0.15, 0.2) is 0 Å². The fourth-order valence-corrected chi connectivity index (χ4v) is 9.45. The summed E-state index contributed by atoms with van der Waals surface area (Å²) in [6.45, 7) is 6.02. The largest absolute Gasteiger partial charge is 0.508 e. The lowest BCUT2D eigenvalue weighted by molar-refractivity contribution is -0.141. The summed E-state index contributed by atoms with van der Waals surface area (Å²) in [7, 11) is 0. The van der Waals surface area contributed by atoms with Crippen molar-refractivity contribution in [2.75, 3.05) is 12.0 Å². The Balaban J connectivity index is 1.27. The number of likely N-dealkylation sites (tertiary alicyclic amines) is 1. The number of allylic oxidation sites excluding steroid dienone is 3. The molecule has 9 heteroatoms. The van der Waals surface area contributed by atoms with Gasteiger partial charge < -0.3 is 10.2 Å². The minimum Gasteiger partial charge on any atom is -0.508 e.